The van der Waals surface area contributed by atoms with E-state index in [0.29, 0.717) is 26.1 Å². The number of epoxide rings is 1. The van der Waals surface area contributed by atoms with Gasteiger partial charge in [-0.05, 0) is 40.0 Å². The summed E-state index contributed by atoms with van der Waals surface area (Å²) in [7, 11) is 0. The molecule has 1 saturated carbocycles. The summed E-state index contributed by atoms with van der Waals surface area (Å²) < 4.78 is 30.1. The molecule has 3 heterocycles. The van der Waals surface area contributed by atoms with Gasteiger partial charge >= 0.3 is 11.9 Å². The first kappa shape index (κ1) is 27.3. The molecule has 2 saturated heterocycles. The minimum absolute atomic E-state index is 0.0261. The maximum atomic E-state index is 13.0. The Morgan fingerprint density at radius 1 is 1.05 bits per heavy atom. The van der Waals surface area contributed by atoms with Crippen LogP contribution < -0.4 is 0 Å². The second-order valence-corrected chi connectivity index (χ2v) is 11.5. The number of rotatable bonds is 1. The number of ether oxygens (including phenoxy) is 5. The van der Waals surface area contributed by atoms with Gasteiger partial charge in [0.2, 0.25) is 0 Å². The van der Waals surface area contributed by atoms with Crippen molar-refractivity contribution in [1.29, 1.82) is 0 Å². The SMILES string of the molecule is CC1=CC(=O)OCC23CCC(C)=CC2OC2C(O)C(OC(=O)C=CC=CC(C(C)O)OCC1)C3(C)C21CO1. The Hall–Kier alpha value is -2.30. The van der Waals surface area contributed by atoms with Gasteiger partial charge in [0, 0.05) is 17.6 Å². The molecule has 38 heavy (non-hydrogen) atoms. The fourth-order valence-electron chi connectivity index (χ4n) is 6.89. The van der Waals surface area contributed by atoms with Crippen molar-refractivity contribution in [1.82, 2.24) is 0 Å². The van der Waals surface area contributed by atoms with Gasteiger partial charge < -0.3 is 33.9 Å². The first-order valence-electron chi connectivity index (χ1n) is 13.4. The summed E-state index contributed by atoms with van der Waals surface area (Å²) in [6.45, 7) is 8.14. The number of cyclic esters (lactones) is 1. The number of carbonyl (C=O) groups excluding carboxylic acids is 2. The monoisotopic (exact) mass is 530 g/mol. The van der Waals surface area contributed by atoms with E-state index in [-0.39, 0.29) is 6.61 Å². The summed E-state index contributed by atoms with van der Waals surface area (Å²) in [5, 5.41) is 21.5. The number of allylic oxidation sites excluding steroid dienone is 3. The standard InChI is InChI=1S/C29H38O9/c1-17-9-11-28-15-35-23(32)14-18(2)10-12-34-20(19(3)30)7-5-6-8-22(31)38-25-24(33)26(37-21(28)13-17)29(16-36-29)27(25,28)4/h5-8,13-14,19-21,24-26,30,33H,9-12,15-16H2,1-4H3. The molecule has 5 rings (SSSR count). The number of hydrogen-bond acceptors (Lipinski definition) is 9. The molecule has 208 valence electrons. The summed E-state index contributed by atoms with van der Waals surface area (Å²) in [5.41, 5.74) is -0.543. The minimum Gasteiger partial charge on any atom is -0.462 e. The summed E-state index contributed by atoms with van der Waals surface area (Å²) in [4.78, 5) is 25.9. The number of carbonyl (C=O) groups is 2. The lowest BCUT2D eigenvalue weighted by Gasteiger charge is -2.58. The van der Waals surface area contributed by atoms with E-state index in [1.807, 2.05) is 26.8 Å². The lowest BCUT2D eigenvalue weighted by molar-refractivity contribution is -0.232. The normalized spacial score (nSPS) is 44.2. The molecule has 9 unspecified atom stereocenters. The molecular weight excluding hydrogens is 492 g/mol. The summed E-state index contributed by atoms with van der Waals surface area (Å²) in [6.07, 6.45) is 6.92. The Morgan fingerprint density at radius 3 is 2.53 bits per heavy atom. The van der Waals surface area contributed by atoms with Crippen LogP contribution in [0.5, 0.6) is 0 Å². The van der Waals surface area contributed by atoms with Gasteiger partial charge in [-0.1, -0.05) is 42.4 Å². The molecule has 9 nitrogen and oxygen atoms in total. The molecule has 3 aliphatic heterocycles. The van der Waals surface area contributed by atoms with Crippen LogP contribution in [0.4, 0.5) is 0 Å². The lowest BCUT2D eigenvalue weighted by Crippen LogP contribution is -2.66. The Kier molecular flexibility index (Phi) is 7.19. The van der Waals surface area contributed by atoms with Crippen molar-refractivity contribution in [3.63, 3.8) is 0 Å². The van der Waals surface area contributed by atoms with Gasteiger partial charge in [0.25, 0.3) is 0 Å². The maximum absolute atomic E-state index is 13.0. The van der Waals surface area contributed by atoms with E-state index in [2.05, 4.69) is 0 Å². The molecule has 0 aromatic heterocycles. The number of esters is 2. The van der Waals surface area contributed by atoms with Gasteiger partial charge in [0.1, 0.15) is 36.6 Å². The second kappa shape index (κ2) is 10.0. The molecule has 3 fully saturated rings. The second-order valence-electron chi connectivity index (χ2n) is 11.5. The Labute approximate surface area is 223 Å². The van der Waals surface area contributed by atoms with Gasteiger partial charge in [-0.3, -0.25) is 0 Å². The minimum atomic E-state index is -1.11. The van der Waals surface area contributed by atoms with E-state index in [0.717, 1.165) is 17.6 Å². The van der Waals surface area contributed by atoms with E-state index in [4.69, 9.17) is 23.7 Å². The van der Waals surface area contributed by atoms with Gasteiger partial charge in [-0.25, -0.2) is 9.59 Å². The van der Waals surface area contributed by atoms with Crippen LogP contribution in [0.25, 0.3) is 0 Å². The van der Waals surface area contributed by atoms with Crippen LogP contribution in [0.3, 0.4) is 0 Å². The van der Waals surface area contributed by atoms with E-state index >= 15 is 0 Å². The Balaban J connectivity index is 1.54. The fraction of sp³-hybridized carbons (Fsp3) is 0.655. The number of aliphatic hydroxyl groups is 2. The maximum Gasteiger partial charge on any atom is 0.331 e. The molecule has 2 spiro atoms. The zero-order valence-electron chi connectivity index (χ0n) is 22.4. The molecule has 2 bridgehead atoms. The van der Waals surface area contributed by atoms with Crippen molar-refractivity contribution in [3.05, 3.63) is 47.6 Å². The van der Waals surface area contributed by atoms with Crippen LogP contribution >= 0.6 is 0 Å². The molecule has 0 amide bonds. The van der Waals surface area contributed by atoms with Crippen molar-refractivity contribution < 1.29 is 43.5 Å². The van der Waals surface area contributed by atoms with E-state index in [1.54, 1.807) is 19.1 Å². The van der Waals surface area contributed by atoms with Gasteiger partial charge in [-0.15, -0.1) is 0 Å². The molecular formula is C29H38O9. The van der Waals surface area contributed by atoms with Crippen LogP contribution in [0.15, 0.2) is 47.6 Å². The van der Waals surface area contributed by atoms with Crippen molar-refractivity contribution in [2.45, 2.75) is 89.2 Å². The predicted octanol–water partition coefficient (Wildman–Crippen LogP) is 2.31. The van der Waals surface area contributed by atoms with Crippen molar-refractivity contribution in [2.24, 2.45) is 10.8 Å². The topological polar surface area (TPSA) is 124 Å². The van der Waals surface area contributed by atoms with E-state index in [1.165, 1.54) is 18.2 Å². The predicted molar refractivity (Wildman–Crippen MR) is 136 cm³/mol. The highest BCUT2D eigenvalue weighted by Crippen LogP contribution is 2.72. The first-order valence-corrected chi connectivity index (χ1v) is 13.4. The van der Waals surface area contributed by atoms with Gasteiger partial charge in [0.05, 0.1) is 30.8 Å². The number of aliphatic hydroxyl groups excluding tert-OH is 2. The van der Waals surface area contributed by atoms with Crippen molar-refractivity contribution >= 4 is 11.9 Å². The van der Waals surface area contributed by atoms with E-state index < -0.39 is 65.0 Å². The summed E-state index contributed by atoms with van der Waals surface area (Å²) in [5.74, 6) is -1.11. The molecule has 9 heteroatoms. The first-order chi connectivity index (χ1) is 18.0. The molecule has 0 radical (unpaired) electrons. The molecule has 2 N–H and O–H groups in total. The Bertz CT molecular complexity index is 1080. The summed E-state index contributed by atoms with van der Waals surface area (Å²) >= 11 is 0. The molecule has 5 aliphatic rings. The average molecular weight is 531 g/mol. The summed E-state index contributed by atoms with van der Waals surface area (Å²) in [6, 6.07) is 0. The molecule has 0 aromatic carbocycles. The smallest absolute Gasteiger partial charge is 0.331 e. The lowest BCUT2D eigenvalue weighted by atomic mass is 9.51. The van der Waals surface area contributed by atoms with Crippen LogP contribution in [-0.2, 0) is 33.3 Å². The van der Waals surface area contributed by atoms with Crippen LogP contribution in [0.1, 0.15) is 47.0 Å². The molecule has 9 atom stereocenters. The van der Waals surface area contributed by atoms with Crippen LogP contribution in [0, 0.1) is 10.8 Å². The zero-order chi connectivity index (χ0) is 27.3. The van der Waals surface area contributed by atoms with Crippen molar-refractivity contribution in [3.8, 4) is 0 Å². The van der Waals surface area contributed by atoms with Crippen molar-refractivity contribution in [2.75, 3.05) is 19.8 Å². The highest BCUT2D eigenvalue weighted by molar-refractivity contribution is 5.83. The third-order valence-corrected chi connectivity index (χ3v) is 9.26. The van der Waals surface area contributed by atoms with Gasteiger partial charge in [-0.2, -0.15) is 0 Å². The Morgan fingerprint density at radius 2 is 1.82 bits per heavy atom. The third kappa shape index (κ3) is 4.29. The van der Waals surface area contributed by atoms with Crippen LogP contribution in [-0.4, -0.2) is 84.2 Å². The zero-order valence-corrected chi connectivity index (χ0v) is 22.4. The van der Waals surface area contributed by atoms with Gasteiger partial charge in [0.15, 0.2) is 0 Å². The average Bonchev–Trinajstić information content (AvgIpc) is 3.64. The highest BCUT2D eigenvalue weighted by Gasteiger charge is 2.85. The largest absolute Gasteiger partial charge is 0.462 e. The quantitative estimate of drug-likeness (QED) is 0.299. The number of hydrogen-bond donors (Lipinski definition) is 2. The molecule has 2 aliphatic carbocycles. The van der Waals surface area contributed by atoms with E-state index in [9.17, 15) is 19.8 Å². The third-order valence-electron chi connectivity index (χ3n) is 9.26. The molecule has 0 aromatic rings. The van der Waals surface area contributed by atoms with Crippen LogP contribution in [0.2, 0.25) is 0 Å². The fourth-order valence-corrected chi connectivity index (χ4v) is 6.89. The highest BCUT2D eigenvalue weighted by atomic mass is 16.7.